The van der Waals surface area contributed by atoms with Gasteiger partial charge in [-0.1, -0.05) is 6.92 Å². The van der Waals surface area contributed by atoms with Crippen LogP contribution >= 0.6 is 0 Å². The topological polar surface area (TPSA) is 26.3 Å². The summed E-state index contributed by atoms with van der Waals surface area (Å²) < 4.78 is 5.28. The Morgan fingerprint density at radius 1 is 1.42 bits per heavy atom. The van der Waals surface area contributed by atoms with E-state index in [2.05, 4.69) is 6.92 Å². The van der Waals surface area contributed by atoms with Gasteiger partial charge in [0.05, 0.1) is 6.10 Å². The van der Waals surface area contributed by atoms with Crippen molar-refractivity contribution < 1.29 is 9.53 Å². The molecule has 0 saturated heterocycles. The summed E-state index contributed by atoms with van der Waals surface area (Å²) in [6, 6.07) is 0. The average molecular weight is 170 g/mol. The fourth-order valence-electron chi connectivity index (χ4n) is 2.16. The molecular weight excluding hydrogens is 152 g/mol. The van der Waals surface area contributed by atoms with Gasteiger partial charge in [0.2, 0.25) is 0 Å². The minimum Gasteiger partial charge on any atom is -0.381 e. The van der Waals surface area contributed by atoms with Crippen molar-refractivity contribution >= 4 is 5.78 Å². The van der Waals surface area contributed by atoms with Gasteiger partial charge in [0.25, 0.3) is 0 Å². The Morgan fingerprint density at radius 3 is 2.50 bits per heavy atom. The summed E-state index contributed by atoms with van der Waals surface area (Å²) in [6.45, 7) is 3.85. The smallest absolute Gasteiger partial charge is 0.133 e. The molecule has 0 aliphatic heterocycles. The number of hydrogen-bond donors (Lipinski definition) is 0. The molecular formula is C10H18O2. The fourth-order valence-corrected chi connectivity index (χ4v) is 2.16. The predicted molar refractivity (Wildman–Crippen MR) is 48.0 cm³/mol. The number of carbonyl (C=O) groups excluding carboxylic acids is 1. The van der Waals surface area contributed by atoms with Crippen molar-refractivity contribution in [3.63, 3.8) is 0 Å². The maximum atomic E-state index is 11.2. The number of methoxy groups -OCH3 is 1. The van der Waals surface area contributed by atoms with Crippen LogP contribution in [-0.2, 0) is 9.53 Å². The molecule has 0 amide bonds. The highest BCUT2D eigenvalue weighted by atomic mass is 16.5. The Labute approximate surface area is 74.3 Å². The molecule has 0 aromatic carbocycles. The highest BCUT2D eigenvalue weighted by molar-refractivity contribution is 5.78. The standard InChI is InChI=1S/C10H18O2/c1-7-6-9(12-3)4-5-10(7)8(2)11/h7,9-10H,4-6H2,1-3H3. The van der Waals surface area contributed by atoms with Gasteiger partial charge in [-0.05, 0) is 32.1 Å². The van der Waals surface area contributed by atoms with Crippen LogP contribution in [0.15, 0.2) is 0 Å². The molecule has 70 valence electrons. The molecule has 0 aromatic rings. The van der Waals surface area contributed by atoms with Gasteiger partial charge in [0.1, 0.15) is 5.78 Å². The van der Waals surface area contributed by atoms with E-state index in [1.54, 1.807) is 14.0 Å². The van der Waals surface area contributed by atoms with E-state index in [4.69, 9.17) is 4.74 Å². The van der Waals surface area contributed by atoms with Crippen LogP contribution in [0.1, 0.15) is 33.1 Å². The van der Waals surface area contributed by atoms with E-state index in [1.807, 2.05) is 0 Å². The summed E-state index contributed by atoms with van der Waals surface area (Å²) in [5.41, 5.74) is 0. The van der Waals surface area contributed by atoms with Crippen LogP contribution in [0.2, 0.25) is 0 Å². The first kappa shape index (κ1) is 9.72. The van der Waals surface area contributed by atoms with Crippen molar-refractivity contribution in [2.24, 2.45) is 11.8 Å². The van der Waals surface area contributed by atoms with Crippen molar-refractivity contribution in [2.45, 2.75) is 39.2 Å². The van der Waals surface area contributed by atoms with Gasteiger partial charge < -0.3 is 4.74 Å². The minimum absolute atomic E-state index is 0.288. The Kier molecular flexibility index (Phi) is 3.27. The van der Waals surface area contributed by atoms with Gasteiger partial charge in [-0.3, -0.25) is 4.79 Å². The van der Waals surface area contributed by atoms with E-state index in [0.29, 0.717) is 17.8 Å². The lowest BCUT2D eigenvalue weighted by atomic mass is 9.77. The molecule has 1 aliphatic rings. The minimum atomic E-state index is 0.288. The van der Waals surface area contributed by atoms with Gasteiger partial charge in [0.15, 0.2) is 0 Å². The molecule has 1 fully saturated rings. The van der Waals surface area contributed by atoms with Gasteiger partial charge in [0, 0.05) is 13.0 Å². The first-order valence-electron chi connectivity index (χ1n) is 4.68. The number of ketones is 1. The maximum absolute atomic E-state index is 11.2. The van der Waals surface area contributed by atoms with Gasteiger partial charge in [-0.15, -0.1) is 0 Å². The van der Waals surface area contributed by atoms with Crippen LogP contribution in [0.3, 0.4) is 0 Å². The molecule has 1 aliphatic carbocycles. The number of ether oxygens (including phenoxy) is 1. The molecule has 3 atom stereocenters. The number of rotatable bonds is 2. The van der Waals surface area contributed by atoms with Gasteiger partial charge in [-0.25, -0.2) is 0 Å². The van der Waals surface area contributed by atoms with Gasteiger partial charge in [-0.2, -0.15) is 0 Å². The number of hydrogen-bond acceptors (Lipinski definition) is 2. The van der Waals surface area contributed by atoms with Crippen LogP contribution in [-0.4, -0.2) is 19.0 Å². The van der Waals surface area contributed by atoms with Crippen molar-refractivity contribution in [3.05, 3.63) is 0 Å². The summed E-state index contributed by atoms with van der Waals surface area (Å²) >= 11 is 0. The molecule has 1 saturated carbocycles. The zero-order chi connectivity index (χ0) is 9.14. The second-order valence-electron chi connectivity index (χ2n) is 3.87. The van der Waals surface area contributed by atoms with Crippen molar-refractivity contribution in [3.8, 4) is 0 Å². The molecule has 0 aromatic heterocycles. The maximum Gasteiger partial charge on any atom is 0.133 e. The van der Waals surface area contributed by atoms with Crippen molar-refractivity contribution in [1.29, 1.82) is 0 Å². The summed E-state index contributed by atoms with van der Waals surface area (Å²) in [4.78, 5) is 11.2. The summed E-state index contributed by atoms with van der Waals surface area (Å²) in [7, 11) is 1.76. The van der Waals surface area contributed by atoms with Crippen LogP contribution in [0.25, 0.3) is 0 Å². The highest BCUT2D eigenvalue weighted by Crippen LogP contribution is 2.31. The summed E-state index contributed by atoms with van der Waals surface area (Å²) in [6.07, 6.45) is 3.48. The zero-order valence-corrected chi connectivity index (χ0v) is 8.17. The molecule has 0 bridgehead atoms. The predicted octanol–water partition coefficient (Wildman–Crippen LogP) is 2.03. The monoisotopic (exact) mass is 170 g/mol. The summed E-state index contributed by atoms with van der Waals surface area (Å²) in [5.74, 6) is 1.13. The largest absolute Gasteiger partial charge is 0.381 e. The lowest BCUT2D eigenvalue weighted by Crippen LogP contribution is -2.31. The van der Waals surface area contributed by atoms with E-state index in [1.165, 1.54) is 0 Å². The molecule has 12 heavy (non-hydrogen) atoms. The van der Waals surface area contributed by atoms with E-state index in [0.717, 1.165) is 19.3 Å². The van der Waals surface area contributed by atoms with E-state index in [-0.39, 0.29) is 5.92 Å². The SMILES string of the molecule is COC1CCC(C(C)=O)C(C)C1. The van der Waals surface area contributed by atoms with Crippen molar-refractivity contribution in [2.75, 3.05) is 7.11 Å². The van der Waals surface area contributed by atoms with E-state index < -0.39 is 0 Å². The Bertz CT molecular complexity index is 165. The number of carbonyl (C=O) groups is 1. The summed E-state index contributed by atoms with van der Waals surface area (Å²) in [5, 5.41) is 0. The second kappa shape index (κ2) is 4.04. The van der Waals surface area contributed by atoms with E-state index in [9.17, 15) is 4.79 Å². The molecule has 1 rings (SSSR count). The Balaban J connectivity index is 2.47. The zero-order valence-electron chi connectivity index (χ0n) is 8.17. The molecule has 3 unspecified atom stereocenters. The second-order valence-corrected chi connectivity index (χ2v) is 3.87. The lowest BCUT2D eigenvalue weighted by molar-refractivity contribution is -0.124. The quantitative estimate of drug-likeness (QED) is 0.633. The van der Waals surface area contributed by atoms with Crippen LogP contribution in [0.5, 0.6) is 0 Å². The molecule has 0 radical (unpaired) electrons. The third kappa shape index (κ3) is 2.07. The fraction of sp³-hybridized carbons (Fsp3) is 0.900. The van der Waals surface area contributed by atoms with Gasteiger partial charge >= 0.3 is 0 Å². The molecule has 0 heterocycles. The Hall–Kier alpha value is -0.370. The molecule has 0 spiro atoms. The van der Waals surface area contributed by atoms with Crippen molar-refractivity contribution in [1.82, 2.24) is 0 Å². The average Bonchev–Trinajstić information content (AvgIpc) is 2.03. The molecule has 0 N–H and O–H groups in total. The van der Waals surface area contributed by atoms with Crippen LogP contribution in [0, 0.1) is 11.8 Å². The third-order valence-electron chi connectivity index (χ3n) is 2.98. The van der Waals surface area contributed by atoms with E-state index >= 15 is 0 Å². The normalized spacial score (nSPS) is 36.4. The van der Waals surface area contributed by atoms with Crippen LogP contribution < -0.4 is 0 Å². The highest BCUT2D eigenvalue weighted by Gasteiger charge is 2.29. The molecule has 2 nitrogen and oxygen atoms in total. The van der Waals surface area contributed by atoms with Crippen LogP contribution in [0.4, 0.5) is 0 Å². The number of Topliss-reactive ketones (excluding diaryl/α,β-unsaturated/α-hetero) is 1. The first-order valence-corrected chi connectivity index (χ1v) is 4.68. The third-order valence-corrected chi connectivity index (χ3v) is 2.98. The first-order chi connectivity index (χ1) is 5.65. The molecule has 2 heteroatoms. The Morgan fingerprint density at radius 2 is 2.08 bits per heavy atom. The lowest BCUT2D eigenvalue weighted by Gasteiger charge is -2.31.